The molecule has 0 saturated carbocycles. The van der Waals surface area contributed by atoms with Crippen LogP contribution in [-0.2, 0) is 16.0 Å². The number of hydrogen-bond acceptors (Lipinski definition) is 4. The average Bonchev–Trinajstić information content (AvgIpc) is 3.04. The molecule has 1 aromatic rings. The van der Waals surface area contributed by atoms with E-state index < -0.39 is 5.97 Å². The van der Waals surface area contributed by atoms with Gasteiger partial charge in [-0.15, -0.1) is 0 Å². The highest BCUT2D eigenvalue weighted by Crippen LogP contribution is 2.26. The number of ether oxygens (including phenoxy) is 1. The quantitative estimate of drug-likeness (QED) is 0.725. The van der Waals surface area contributed by atoms with Gasteiger partial charge >= 0.3 is 5.97 Å². The summed E-state index contributed by atoms with van der Waals surface area (Å²) < 4.78 is 4.90. The molecule has 1 N–H and O–H groups in total. The van der Waals surface area contributed by atoms with Crippen LogP contribution in [0.5, 0.6) is 0 Å². The number of hydrogen-bond donors (Lipinski definition) is 1. The second-order valence-electron chi connectivity index (χ2n) is 7.30. The van der Waals surface area contributed by atoms with Crippen molar-refractivity contribution >= 4 is 17.8 Å². The van der Waals surface area contributed by atoms with Crippen LogP contribution in [-0.4, -0.2) is 65.9 Å². The monoisotopic (exact) mass is 391 g/mol. The number of aryl methyl sites for hydroxylation is 1. The van der Waals surface area contributed by atoms with Crippen molar-refractivity contribution in [2.24, 2.45) is 5.92 Å². The van der Waals surface area contributed by atoms with Crippen LogP contribution in [0, 0.1) is 12.8 Å². The molecule has 2 rings (SSSR count). The van der Waals surface area contributed by atoms with Crippen molar-refractivity contribution in [2.75, 3.05) is 33.3 Å². The number of piperidine rings is 1. The van der Waals surface area contributed by atoms with Gasteiger partial charge in [-0.3, -0.25) is 9.59 Å². The molecule has 0 spiro atoms. The summed E-state index contributed by atoms with van der Waals surface area (Å²) in [7, 11) is 1.35. The highest BCUT2D eigenvalue weighted by atomic mass is 16.5. The number of carbonyl (C=O) groups is 3. The van der Waals surface area contributed by atoms with Crippen molar-refractivity contribution in [1.29, 1.82) is 0 Å². The van der Waals surface area contributed by atoms with E-state index in [0.29, 0.717) is 62.4 Å². The maximum absolute atomic E-state index is 13.1. The predicted octanol–water partition coefficient (Wildman–Crippen LogP) is 2.78. The van der Waals surface area contributed by atoms with Gasteiger partial charge in [0.1, 0.15) is 5.69 Å². The summed E-state index contributed by atoms with van der Waals surface area (Å²) in [6.45, 7) is 10.3. The van der Waals surface area contributed by atoms with Gasteiger partial charge in [-0.25, -0.2) is 4.79 Å². The van der Waals surface area contributed by atoms with Crippen LogP contribution in [0.25, 0.3) is 0 Å². The number of nitrogens with zero attached hydrogens (tertiary/aromatic N) is 2. The minimum atomic E-state index is -0.417. The summed E-state index contributed by atoms with van der Waals surface area (Å²) >= 11 is 0. The molecule has 1 saturated heterocycles. The minimum absolute atomic E-state index is 0.0185. The van der Waals surface area contributed by atoms with Crippen molar-refractivity contribution < 1.29 is 19.1 Å². The van der Waals surface area contributed by atoms with E-state index in [0.717, 1.165) is 12.0 Å². The number of nitrogens with one attached hydrogen (secondary N) is 1. The molecule has 7 nitrogen and oxygen atoms in total. The lowest BCUT2D eigenvalue weighted by Gasteiger charge is -2.33. The van der Waals surface area contributed by atoms with E-state index in [4.69, 9.17) is 4.74 Å². The Kier molecular flexibility index (Phi) is 7.66. The van der Waals surface area contributed by atoms with E-state index in [9.17, 15) is 14.4 Å². The van der Waals surface area contributed by atoms with Gasteiger partial charge in [0, 0.05) is 37.8 Å². The fourth-order valence-corrected chi connectivity index (χ4v) is 4.02. The van der Waals surface area contributed by atoms with Crippen LogP contribution in [0.3, 0.4) is 0 Å². The van der Waals surface area contributed by atoms with Gasteiger partial charge in [-0.05, 0) is 45.6 Å². The number of esters is 1. The molecule has 0 bridgehead atoms. The van der Waals surface area contributed by atoms with Crippen LogP contribution in [0.2, 0.25) is 0 Å². The van der Waals surface area contributed by atoms with E-state index in [2.05, 4.69) is 4.98 Å². The van der Waals surface area contributed by atoms with E-state index in [1.807, 2.05) is 25.7 Å². The third-order valence-electron chi connectivity index (χ3n) is 5.60. The first-order chi connectivity index (χ1) is 13.4. The maximum atomic E-state index is 13.1. The first kappa shape index (κ1) is 22.0. The summed E-state index contributed by atoms with van der Waals surface area (Å²) in [6.07, 6.45) is 2.80. The van der Waals surface area contributed by atoms with Gasteiger partial charge in [0.2, 0.25) is 5.91 Å². The number of aromatic amines is 1. The fourth-order valence-electron chi connectivity index (χ4n) is 4.02. The van der Waals surface area contributed by atoms with Crippen LogP contribution >= 0.6 is 0 Å². The molecule has 0 aromatic carbocycles. The van der Waals surface area contributed by atoms with Crippen LogP contribution in [0.4, 0.5) is 0 Å². The zero-order chi connectivity index (χ0) is 20.8. The largest absolute Gasteiger partial charge is 0.465 e. The van der Waals surface area contributed by atoms with Crippen molar-refractivity contribution in [2.45, 2.75) is 53.4 Å². The van der Waals surface area contributed by atoms with Crippen LogP contribution in [0.1, 0.15) is 72.1 Å². The molecule has 1 aliphatic rings. The molecule has 156 valence electrons. The third kappa shape index (κ3) is 4.39. The molecule has 28 heavy (non-hydrogen) atoms. The Morgan fingerprint density at radius 3 is 2.25 bits per heavy atom. The van der Waals surface area contributed by atoms with Crippen molar-refractivity contribution in [1.82, 2.24) is 14.8 Å². The Morgan fingerprint density at radius 2 is 1.75 bits per heavy atom. The van der Waals surface area contributed by atoms with Gasteiger partial charge in [0.15, 0.2) is 0 Å². The highest BCUT2D eigenvalue weighted by molar-refractivity contribution is 6.00. The highest BCUT2D eigenvalue weighted by Gasteiger charge is 2.32. The van der Waals surface area contributed by atoms with Crippen molar-refractivity contribution in [3.05, 3.63) is 22.5 Å². The van der Waals surface area contributed by atoms with Gasteiger partial charge < -0.3 is 19.5 Å². The molecule has 1 aromatic heterocycles. The summed E-state index contributed by atoms with van der Waals surface area (Å²) in [5.41, 5.74) is 2.34. The molecular formula is C21H33N3O4. The van der Waals surface area contributed by atoms with E-state index >= 15 is 0 Å². The number of aromatic nitrogens is 1. The van der Waals surface area contributed by atoms with Gasteiger partial charge in [0.25, 0.3) is 5.91 Å². The predicted molar refractivity (Wildman–Crippen MR) is 107 cm³/mol. The Hall–Kier alpha value is -2.31. The molecule has 2 heterocycles. The summed E-state index contributed by atoms with van der Waals surface area (Å²) in [5, 5.41) is 0. The summed E-state index contributed by atoms with van der Waals surface area (Å²) in [5.74, 6) is -0.349. The Morgan fingerprint density at radius 1 is 1.14 bits per heavy atom. The average molecular weight is 392 g/mol. The standard InChI is InChI=1S/C21H33N3O4/c1-6-9-16-17(21(27)28-5)14(4)22-18(16)20(26)24-12-10-15(11-13-24)19(25)23(7-2)8-3/h15,22H,6-13H2,1-5H3. The van der Waals surface area contributed by atoms with Gasteiger partial charge in [0.05, 0.1) is 12.7 Å². The number of carbonyl (C=O) groups excluding carboxylic acids is 3. The first-order valence-corrected chi connectivity index (χ1v) is 10.3. The summed E-state index contributed by atoms with van der Waals surface area (Å²) in [4.78, 5) is 44.6. The number of amides is 2. The fraction of sp³-hybridized carbons (Fsp3) is 0.667. The lowest BCUT2D eigenvalue weighted by Crippen LogP contribution is -2.44. The van der Waals surface area contributed by atoms with Crippen LogP contribution < -0.4 is 0 Å². The zero-order valence-corrected chi connectivity index (χ0v) is 17.8. The molecule has 7 heteroatoms. The lowest BCUT2D eigenvalue weighted by atomic mass is 9.94. The van der Waals surface area contributed by atoms with E-state index in [1.165, 1.54) is 7.11 Å². The minimum Gasteiger partial charge on any atom is -0.465 e. The first-order valence-electron chi connectivity index (χ1n) is 10.3. The number of methoxy groups -OCH3 is 1. The summed E-state index contributed by atoms with van der Waals surface area (Å²) in [6, 6.07) is 0. The van der Waals surface area contributed by atoms with Crippen molar-refractivity contribution in [3.8, 4) is 0 Å². The normalized spacial score (nSPS) is 14.8. The third-order valence-corrected chi connectivity index (χ3v) is 5.60. The number of H-pyrrole nitrogens is 1. The molecule has 0 aliphatic carbocycles. The smallest absolute Gasteiger partial charge is 0.339 e. The SMILES string of the molecule is CCCc1c(C(=O)N2CCC(C(=O)N(CC)CC)CC2)[nH]c(C)c1C(=O)OC. The maximum Gasteiger partial charge on any atom is 0.339 e. The number of likely N-dealkylation sites (tertiary alicyclic amines) is 1. The lowest BCUT2D eigenvalue weighted by molar-refractivity contribution is -0.136. The molecule has 0 unspecified atom stereocenters. The van der Waals surface area contributed by atoms with Gasteiger partial charge in [-0.1, -0.05) is 13.3 Å². The Balaban J connectivity index is 2.15. The Bertz CT molecular complexity index is 713. The molecule has 1 aliphatic heterocycles. The second kappa shape index (κ2) is 9.75. The van der Waals surface area contributed by atoms with E-state index in [1.54, 1.807) is 11.8 Å². The van der Waals surface area contributed by atoms with Crippen LogP contribution in [0.15, 0.2) is 0 Å². The zero-order valence-electron chi connectivity index (χ0n) is 17.8. The molecule has 1 fully saturated rings. The van der Waals surface area contributed by atoms with Gasteiger partial charge in [-0.2, -0.15) is 0 Å². The topological polar surface area (TPSA) is 82.7 Å². The second-order valence-corrected chi connectivity index (χ2v) is 7.30. The number of rotatable bonds is 7. The molecule has 2 amide bonds. The van der Waals surface area contributed by atoms with Crippen molar-refractivity contribution in [3.63, 3.8) is 0 Å². The Labute approximate surface area is 167 Å². The van der Waals surface area contributed by atoms with E-state index in [-0.39, 0.29) is 17.7 Å². The molecule has 0 radical (unpaired) electrons. The molecule has 0 atom stereocenters. The molecular weight excluding hydrogens is 358 g/mol.